The van der Waals surface area contributed by atoms with Crippen LogP contribution in [-0.2, 0) is 11.3 Å². The Labute approximate surface area is 121 Å². The summed E-state index contributed by atoms with van der Waals surface area (Å²) in [6.45, 7) is 3.72. The van der Waals surface area contributed by atoms with Gasteiger partial charge in [0.1, 0.15) is 6.54 Å². The van der Waals surface area contributed by atoms with E-state index in [2.05, 4.69) is 26.6 Å². The highest BCUT2D eigenvalue weighted by atomic mass is 32.1. The number of carbonyl (C=O) groups excluding carboxylic acids is 1. The molecule has 2 aromatic rings. The Morgan fingerprint density at radius 3 is 3.05 bits per heavy atom. The van der Waals surface area contributed by atoms with E-state index < -0.39 is 5.54 Å². The Bertz CT molecular complexity index is 627. The summed E-state index contributed by atoms with van der Waals surface area (Å²) in [4.78, 5) is 14.1. The quantitative estimate of drug-likeness (QED) is 0.843. The van der Waals surface area contributed by atoms with Gasteiger partial charge in [0.25, 0.3) is 0 Å². The molecule has 0 aromatic carbocycles. The number of thiophene rings is 1. The maximum atomic E-state index is 11.9. The van der Waals surface area contributed by atoms with Gasteiger partial charge in [-0.1, -0.05) is 18.9 Å². The molecule has 0 spiro atoms. The summed E-state index contributed by atoms with van der Waals surface area (Å²) >= 11 is 1.52. The number of hydrogen-bond acceptors (Lipinski definition) is 5. The first-order chi connectivity index (χ1) is 9.56. The van der Waals surface area contributed by atoms with Crippen molar-refractivity contribution < 1.29 is 4.79 Å². The molecule has 0 saturated heterocycles. The van der Waals surface area contributed by atoms with E-state index in [1.54, 1.807) is 6.92 Å². The van der Waals surface area contributed by atoms with Crippen LogP contribution in [0.4, 0.5) is 0 Å². The molecular weight excluding hydrogens is 274 g/mol. The average Bonchev–Trinajstić information content (AvgIpc) is 3.08. The van der Waals surface area contributed by atoms with E-state index in [1.165, 1.54) is 16.1 Å². The molecule has 20 heavy (non-hydrogen) atoms. The summed E-state index contributed by atoms with van der Waals surface area (Å²) in [6, 6.07) is 3.81. The van der Waals surface area contributed by atoms with Gasteiger partial charge in [-0.05, 0) is 30.0 Å². The molecular formula is C13H15N5OS. The minimum atomic E-state index is -0.645. The molecule has 1 atom stereocenters. The fourth-order valence-electron chi connectivity index (χ4n) is 1.52. The molecule has 0 unspecified atom stereocenters. The zero-order valence-electron chi connectivity index (χ0n) is 11.3. The molecule has 1 amide bonds. The minimum Gasteiger partial charge on any atom is -0.338 e. The van der Waals surface area contributed by atoms with Crippen LogP contribution in [0.5, 0.6) is 0 Å². The molecule has 0 aliphatic heterocycles. The fourth-order valence-corrected chi connectivity index (χ4v) is 2.16. The van der Waals surface area contributed by atoms with E-state index in [-0.39, 0.29) is 12.5 Å². The highest BCUT2D eigenvalue weighted by molar-refractivity contribution is 7.13. The van der Waals surface area contributed by atoms with Gasteiger partial charge in [-0.2, -0.15) is 4.80 Å². The van der Waals surface area contributed by atoms with Gasteiger partial charge in [0.2, 0.25) is 11.7 Å². The predicted octanol–water partition coefficient (Wildman–Crippen LogP) is 1.32. The molecule has 2 rings (SSSR count). The summed E-state index contributed by atoms with van der Waals surface area (Å²) in [5.41, 5.74) is -0.645. The van der Waals surface area contributed by atoms with Crippen molar-refractivity contribution in [1.82, 2.24) is 25.5 Å². The zero-order valence-corrected chi connectivity index (χ0v) is 12.1. The van der Waals surface area contributed by atoms with Gasteiger partial charge >= 0.3 is 0 Å². The highest BCUT2D eigenvalue weighted by Gasteiger charge is 2.21. The Kier molecular flexibility index (Phi) is 4.15. The van der Waals surface area contributed by atoms with Crippen molar-refractivity contribution in [2.75, 3.05) is 0 Å². The van der Waals surface area contributed by atoms with Crippen LogP contribution in [0, 0.1) is 12.3 Å². The molecule has 0 aliphatic carbocycles. The van der Waals surface area contributed by atoms with Crippen molar-refractivity contribution in [3.63, 3.8) is 0 Å². The summed E-state index contributed by atoms with van der Waals surface area (Å²) in [7, 11) is 0. The number of amides is 1. The average molecular weight is 289 g/mol. The molecule has 0 bridgehead atoms. The molecule has 2 aromatic heterocycles. The summed E-state index contributed by atoms with van der Waals surface area (Å²) in [6.07, 6.45) is 6.07. The van der Waals surface area contributed by atoms with Crippen LogP contribution < -0.4 is 5.32 Å². The Morgan fingerprint density at radius 2 is 2.45 bits per heavy atom. The van der Waals surface area contributed by atoms with Crippen molar-refractivity contribution in [2.45, 2.75) is 32.4 Å². The van der Waals surface area contributed by atoms with E-state index in [1.807, 2.05) is 24.4 Å². The van der Waals surface area contributed by atoms with Crippen LogP contribution in [0.2, 0.25) is 0 Å². The molecule has 0 saturated carbocycles. The second kappa shape index (κ2) is 5.84. The van der Waals surface area contributed by atoms with Crippen LogP contribution in [0.25, 0.3) is 10.7 Å². The third-order valence-electron chi connectivity index (χ3n) is 2.92. The highest BCUT2D eigenvalue weighted by Crippen LogP contribution is 2.19. The Balaban J connectivity index is 2.01. The van der Waals surface area contributed by atoms with E-state index in [4.69, 9.17) is 6.42 Å². The first-order valence-corrected chi connectivity index (χ1v) is 7.05. The number of nitrogens with one attached hydrogen (secondary N) is 1. The molecule has 1 N–H and O–H groups in total. The third-order valence-corrected chi connectivity index (χ3v) is 3.79. The summed E-state index contributed by atoms with van der Waals surface area (Å²) in [5.74, 6) is 2.86. The van der Waals surface area contributed by atoms with Crippen LogP contribution in [0.3, 0.4) is 0 Å². The van der Waals surface area contributed by atoms with Crippen molar-refractivity contribution >= 4 is 17.2 Å². The number of terminal acetylenes is 1. The van der Waals surface area contributed by atoms with Gasteiger partial charge in [-0.3, -0.25) is 4.79 Å². The smallest absolute Gasteiger partial charge is 0.244 e. The number of aromatic nitrogens is 4. The van der Waals surface area contributed by atoms with Gasteiger partial charge in [0, 0.05) is 0 Å². The second-order valence-corrected chi connectivity index (χ2v) is 5.45. The van der Waals surface area contributed by atoms with E-state index >= 15 is 0 Å². The lowest BCUT2D eigenvalue weighted by atomic mass is 10.0. The Hall–Kier alpha value is -2.20. The third kappa shape index (κ3) is 3.22. The molecule has 7 heteroatoms. The largest absolute Gasteiger partial charge is 0.338 e. The Morgan fingerprint density at radius 1 is 1.65 bits per heavy atom. The van der Waals surface area contributed by atoms with Crippen LogP contribution in [-0.4, -0.2) is 31.7 Å². The monoisotopic (exact) mass is 289 g/mol. The maximum absolute atomic E-state index is 11.9. The lowest BCUT2D eigenvalue weighted by molar-refractivity contribution is -0.123. The minimum absolute atomic E-state index is 0.00432. The number of rotatable bonds is 5. The van der Waals surface area contributed by atoms with Crippen molar-refractivity contribution in [3.05, 3.63) is 17.5 Å². The first kappa shape index (κ1) is 14.2. The second-order valence-electron chi connectivity index (χ2n) is 4.50. The van der Waals surface area contributed by atoms with E-state index in [0.29, 0.717) is 12.2 Å². The van der Waals surface area contributed by atoms with Crippen LogP contribution >= 0.6 is 11.3 Å². The first-order valence-electron chi connectivity index (χ1n) is 6.17. The topological polar surface area (TPSA) is 72.7 Å². The maximum Gasteiger partial charge on any atom is 0.244 e. The standard InChI is InChI=1S/C13H15N5OS/c1-4-13(3,5-2)14-11(19)9-18-16-12(15-17-18)10-7-6-8-20-10/h1,6-8H,5,9H2,2-3H3,(H,14,19)/t13-/m1/s1. The molecule has 0 radical (unpaired) electrons. The fraction of sp³-hybridized carbons (Fsp3) is 0.385. The van der Waals surface area contributed by atoms with Crippen LogP contribution in [0.1, 0.15) is 20.3 Å². The van der Waals surface area contributed by atoms with Gasteiger partial charge in [-0.15, -0.1) is 28.0 Å². The SMILES string of the molecule is C#C[C@](C)(CC)NC(=O)Cn1nnc(-c2cccs2)n1. The number of nitrogens with zero attached hydrogens (tertiary/aromatic N) is 4. The van der Waals surface area contributed by atoms with E-state index in [9.17, 15) is 4.79 Å². The molecule has 6 nitrogen and oxygen atoms in total. The molecule has 2 heterocycles. The van der Waals surface area contributed by atoms with Gasteiger partial charge in [0.05, 0.1) is 10.4 Å². The molecule has 0 fully saturated rings. The normalized spacial score (nSPS) is 13.4. The lowest BCUT2D eigenvalue weighted by Gasteiger charge is -2.22. The van der Waals surface area contributed by atoms with Gasteiger partial charge in [-0.25, -0.2) is 0 Å². The molecule has 104 valence electrons. The van der Waals surface area contributed by atoms with Crippen molar-refractivity contribution in [1.29, 1.82) is 0 Å². The zero-order chi connectivity index (χ0) is 14.6. The lowest BCUT2D eigenvalue weighted by Crippen LogP contribution is -2.45. The number of carbonyl (C=O) groups is 1. The van der Waals surface area contributed by atoms with Crippen molar-refractivity contribution in [3.8, 4) is 23.0 Å². The molecule has 0 aliphatic rings. The van der Waals surface area contributed by atoms with Crippen LogP contribution in [0.15, 0.2) is 17.5 Å². The summed E-state index contributed by atoms with van der Waals surface area (Å²) < 4.78 is 0. The van der Waals surface area contributed by atoms with Gasteiger partial charge in [0.15, 0.2) is 0 Å². The summed E-state index contributed by atoms with van der Waals surface area (Å²) in [5, 5.41) is 16.7. The number of hydrogen-bond donors (Lipinski definition) is 1. The predicted molar refractivity (Wildman–Crippen MR) is 76.8 cm³/mol. The van der Waals surface area contributed by atoms with Crippen molar-refractivity contribution in [2.24, 2.45) is 0 Å². The van der Waals surface area contributed by atoms with E-state index in [0.717, 1.165) is 4.88 Å². The van der Waals surface area contributed by atoms with Gasteiger partial charge < -0.3 is 5.32 Å². The number of tetrazole rings is 1.